The Morgan fingerprint density at radius 1 is 1.53 bits per heavy atom. The second-order valence-corrected chi connectivity index (χ2v) is 6.74. The van der Waals surface area contributed by atoms with Crippen LogP contribution >= 0.6 is 11.3 Å². The minimum absolute atomic E-state index is 0.0577. The van der Waals surface area contributed by atoms with Crippen LogP contribution in [0, 0.1) is 0 Å². The van der Waals surface area contributed by atoms with E-state index in [4.69, 9.17) is 4.74 Å². The second-order valence-electron chi connectivity index (χ2n) is 5.63. The molecule has 0 fully saturated rings. The van der Waals surface area contributed by atoms with Crippen molar-refractivity contribution in [2.45, 2.75) is 51.7 Å². The molecule has 104 valence electrons. The quantitative estimate of drug-likeness (QED) is 0.845. The number of ether oxygens (including phenoxy) is 1. The third-order valence-electron chi connectivity index (χ3n) is 2.78. The number of alkyl carbamates (subject to hydrolysis) is 1. The van der Waals surface area contributed by atoms with Crippen LogP contribution in [0.4, 0.5) is 4.79 Å². The third-order valence-corrected chi connectivity index (χ3v) is 3.82. The number of hydrogen-bond donors (Lipinski definition) is 1. The van der Waals surface area contributed by atoms with Crippen molar-refractivity contribution in [2.75, 3.05) is 0 Å². The molecule has 0 saturated heterocycles. The Kier molecular flexibility index (Phi) is 3.89. The number of carbonyl (C=O) groups excluding carboxylic acids is 2. The van der Waals surface area contributed by atoms with E-state index in [0.717, 1.165) is 36.1 Å². The molecule has 0 unspecified atom stereocenters. The molecule has 1 aromatic heterocycles. The largest absolute Gasteiger partial charge is 0.444 e. The number of aromatic nitrogens is 1. The summed E-state index contributed by atoms with van der Waals surface area (Å²) in [6.45, 7) is 5.52. The Labute approximate surface area is 116 Å². The Balaban J connectivity index is 1.94. The van der Waals surface area contributed by atoms with Crippen LogP contribution in [0.3, 0.4) is 0 Å². The van der Waals surface area contributed by atoms with Gasteiger partial charge in [-0.25, -0.2) is 9.78 Å². The van der Waals surface area contributed by atoms with E-state index in [2.05, 4.69) is 10.3 Å². The maximum atomic E-state index is 11.7. The van der Waals surface area contributed by atoms with Gasteiger partial charge in [-0.2, -0.15) is 0 Å². The van der Waals surface area contributed by atoms with E-state index in [1.54, 1.807) is 0 Å². The summed E-state index contributed by atoms with van der Waals surface area (Å²) in [7, 11) is 0. The van der Waals surface area contributed by atoms with Crippen LogP contribution in [0.25, 0.3) is 0 Å². The Morgan fingerprint density at radius 2 is 2.26 bits per heavy atom. The summed E-state index contributed by atoms with van der Waals surface area (Å²) in [4.78, 5) is 27.7. The second kappa shape index (κ2) is 5.28. The highest BCUT2D eigenvalue weighted by Crippen LogP contribution is 2.26. The highest BCUT2D eigenvalue weighted by molar-refractivity contribution is 7.13. The van der Waals surface area contributed by atoms with E-state index in [0.29, 0.717) is 5.01 Å². The zero-order chi connectivity index (χ0) is 14.0. The molecule has 1 aliphatic carbocycles. The van der Waals surface area contributed by atoms with E-state index in [1.807, 2.05) is 20.8 Å². The lowest BCUT2D eigenvalue weighted by atomic mass is 9.98. The fourth-order valence-corrected chi connectivity index (χ4v) is 3.05. The summed E-state index contributed by atoms with van der Waals surface area (Å²) in [6, 6.07) is 0.0577. The SMILES string of the molecule is CC(C)(C)OC(=O)N[C@H]1CCc2nc(C=O)sc2C1. The van der Waals surface area contributed by atoms with E-state index < -0.39 is 5.60 Å². The minimum Gasteiger partial charge on any atom is -0.444 e. The van der Waals surface area contributed by atoms with Crippen molar-refractivity contribution < 1.29 is 14.3 Å². The molecule has 1 heterocycles. The zero-order valence-electron chi connectivity index (χ0n) is 11.4. The molecule has 0 spiro atoms. The molecular weight excluding hydrogens is 264 g/mol. The van der Waals surface area contributed by atoms with Crippen LogP contribution < -0.4 is 5.32 Å². The average Bonchev–Trinajstić information content (AvgIpc) is 2.68. The zero-order valence-corrected chi connectivity index (χ0v) is 12.2. The maximum Gasteiger partial charge on any atom is 0.407 e. The first kappa shape index (κ1) is 14.0. The molecule has 0 aliphatic heterocycles. The number of hydrogen-bond acceptors (Lipinski definition) is 5. The van der Waals surface area contributed by atoms with Gasteiger partial charge in [-0.1, -0.05) is 0 Å². The van der Waals surface area contributed by atoms with Gasteiger partial charge in [-0.15, -0.1) is 11.3 Å². The fourth-order valence-electron chi connectivity index (χ4n) is 2.04. The Hall–Kier alpha value is -1.43. The highest BCUT2D eigenvalue weighted by atomic mass is 32.1. The van der Waals surface area contributed by atoms with Crippen LogP contribution in [0.2, 0.25) is 0 Å². The summed E-state index contributed by atoms with van der Waals surface area (Å²) in [6.07, 6.45) is 2.73. The highest BCUT2D eigenvalue weighted by Gasteiger charge is 2.25. The van der Waals surface area contributed by atoms with Crippen molar-refractivity contribution in [1.82, 2.24) is 10.3 Å². The van der Waals surface area contributed by atoms with Crippen molar-refractivity contribution in [3.05, 3.63) is 15.6 Å². The number of thiazole rings is 1. The number of carbonyl (C=O) groups is 2. The fraction of sp³-hybridized carbons (Fsp3) is 0.615. The summed E-state index contributed by atoms with van der Waals surface area (Å²) >= 11 is 1.41. The number of fused-ring (bicyclic) bond motifs is 1. The standard InChI is InChI=1S/C13H18N2O3S/c1-13(2,3)18-12(17)14-8-4-5-9-10(6-8)19-11(7-16)15-9/h7-8H,4-6H2,1-3H3,(H,14,17)/t8-/m0/s1. The van der Waals surface area contributed by atoms with Gasteiger partial charge in [-0.05, 0) is 33.6 Å². The predicted molar refractivity (Wildman–Crippen MR) is 72.7 cm³/mol. The first-order valence-electron chi connectivity index (χ1n) is 6.30. The van der Waals surface area contributed by atoms with Gasteiger partial charge in [0, 0.05) is 17.3 Å². The van der Waals surface area contributed by atoms with Gasteiger partial charge in [0.15, 0.2) is 11.3 Å². The first-order valence-corrected chi connectivity index (χ1v) is 7.12. The van der Waals surface area contributed by atoms with Crippen molar-refractivity contribution in [3.63, 3.8) is 0 Å². The van der Waals surface area contributed by atoms with E-state index in [9.17, 15) is 9.59 Å². The van der Waals surface area contributed by atoms with E-state index >= 15 is 0 Å². The summed E-state index contributed by atoms with van der Waals surface area (Å²) in [5.74, 6) is 0. The third kappa shape index (κ3) is 3.76. The Bertz CT molecular complexity index is 491. The van der Waals surface area contributed by atoms with Gasteiger partial charge in [0.05, 0.1) is 5.69 Å². The molecule has 1 aromatic rings. The van der Waals surface area contributed by atoms with Gasteiger partial charge >= 0.3 is 6.09 Å². The number of aldehydes is 1. The average molecular weight is 282 g/mol. The van der Waals surface area contributed by atoms with Crippen molar-refractivity contribution in [1.29, 1.82) is 0 Å². The number of nitrogens with one attached hydrogen (secondary N) is 1. The molecular formula is C13H18N2O3S. The molecule has 1 atom stereocenters. The molecule has 1 aliphatic rings. The van der Waals surface area contributed by atoms with Crippen LogP contribution in [0.5, 0.6) is 0 Å². The molecule has 6 heteroatoms. The molecule has 1 amide bonds. The normalized spacial score (nSPS) is 18.6. The lowest BCUT2D eigenvalue weighted by Gasteiger charge is -2.25. The van der Waals surface area contributed by atoms with Crippen LogP contribution in [0.1, 0.15) is 47.6 Å². The van der Waals surface area contributed by atoms with Gasteiger partial charge in [-0.3, -0.25) is 4.79 Å². The molecule has 1 N–H and O–H groups in total. The van der Waals surface area contributed by atoms with Crippen molar-refractivity contribution in [2.24, 2.45) is 0 Å². The molecule has 0 saturated carbocycles. The topological polar surface area (TPSA) is 68.3 Å². The smallest absolute Gasteiger partial charge is 0.407 e. The number of rotatable bonds is 2. The molecule has 2 rings (SSSR count). The molecule has 5 nitrogen and oxygen atoms in total. The van der Waals surface area contributed by atoms with Crippen LogP contribution in [-0.4, -0.2) is 29.0 Å². The van der Waals surface area contributed by atoms with Crippen LogP contribution in [0.15, 0.2) is 0 Å². The minimum atomic E-state index is -0.487. The monoisotopic (exact) mass is 282 g/mol. The summed E-state index contributed by atoms with van der Waals surface area (Å²) < 4.78 is 5.24. The van der Waals surface area contributed by atoms with Crippen molar-refractivity contribution in [3.8, 4) is 0 Å². The summed E-state index contributed by atoms with van der Waals surface area (Å²) in [5.41, 5.74) is 0.508. The Morgan fingerprint density at radius 3 is 2.89 bits per heavy atom. The summed E-state index contributed by atoms with van der Waals surface area (Å²) in [5, 5.41) is 3.39. The number of nitrogens with zero attached hydrogens (tertiary/aromatic N) is 1. The van der Waals surface area contributed by atoms with Gasteiger partial charge in [0.2, 0.25) is 0 Å². The van der Waals surface area contributed by atoms with Crippen LogP contribution in [-0.2, 0) is 17.6 Å². The number of amides is 1. The molecule has 19 heavy (non-hydrogen) atoms. The molecule has 0 radical (unpaired) electrons. The molecule has 0 aromatic carbocycles. The lowest BCUT2D eigenvalue weighted by Crippen LogP contribution is -2.41. The first-order chi connectivity index (χ1) is 8.87. The van der Waals surface area contributed by atoms with E-state index in [-0.39, 0.29) is 12.1 Å². The maximum absolute atomic E-state index is 11.7. The molecule has 0 bridgehead atoms. The van der Waals surface area contributed by atoms with Gasteiger partial charge in [0.1, 0.15) is 5.60 Å². The van der Waals surface area contributed by atoms with Crippen molar-refractivity contribution >= 4 is 23.7 Å². The van der Waals surface area contributed by atoms with Gasteiger partial charge < -0.3 is 10.1 Å². The number of aryl methyl sites for hydroxylation is 1. The lowest BCUT2D eigenvalue weighted by molar-refractivity contribution is 0.0500. The van der Waals surface area contributed by atoms with Gasteiger partial charge in [0.25, 0.3) is 0 Å². The predicted octanol–water partition coefficient (Wildman–Crippen LogP) is 2.34. The van der Waals surface area contributed by atoms with E-state index in [1.165, 1.54) is 11.3 Å².